The largest absolute Gasteiger partial charge is 0.462 e. The number of allylic oxidation sites excluding steroid dienone is 8. The molecule has 0 saturated carbocycles. The van der Waals surface area contributed by atoms with Crippen molar-refractivity contribution in [2.75, 3.05) is 13.2 Å². The molecular formula is C55H98O6. The first-order chi connectivity index (χ1) is 30.0. The summed E-state index contributed by atoms with van der Waals surface area (Å²) < 4.78 is 16.7. The zero-order chi connectivity index (χ0) is 44.4. The molecule has 6 heteroatoms. The first kappa shape index (κ1) is 58.4. The Morgan fingerprint density at radius 1 is 0.328 bits per heavy atom. The summed E-state index contributed by atoms with van der Waals surface area (Å²) in [4.78, 5) is 37.9. The van der Waals surface area contributed by atoms with Gasteiger partial charge in [-0.05, 0) is 83.5 Å². The zero-order valence-electron chi connectivity index (χ0n) is 40.4. The Morgan fingerprint density at radius 2 is 0.639 bits per heavy atom. The van der Waals surface area contributed by atoms with Gasteiger partial charge in [0.15, 0.2) is 6.10 Å². The van der Waals surface area contributed by atoms with Crippen LogP contribution in [0, 0.1) is 0 Å². The van der Waals surface area contributed by atoms with Gasteiger partial charge in [0.1, 0.15) is 13.2 Å². The Morgan fingerprint density at radius 3 is 1.03 bits per heavy atom. The molecule has 0 aliphatic rings. The zero-order valence-corrected chi connectivity index (χ0v) is 40.4. The van der Waals surface area contributed by atoms with E-state index in [2.05, 4.69) is 63.3 Å². The maximum absolute atomic E-state index is 12.7. The fourth-order valence-electron chi connectivity index (χ4n) is 7.29. The Labute approximate surface area is 378 Å². The number of rotatable bonds is 47. The van der Waals surface area contributed by atoms with Gasteiger partial charge in [-0.1, -0.05) is 211 Å². The molecule has 0 heterocycles. The molecule has 0 aromatic heterocycles. The van der Waals surface area contributed by atoms with Gasteiger partial charge in [-0.2, -0.15) is 0 Å². The summed E-state index contributed by atoms with van der Waals surface area (Å²) in [5, 5.41) is 0. The van der Waals surface area contributed by atoms with Gasteiger partial charge in [-0.15, -0.1) is 0 Å². The molecule has 0 bridgehead atoms. The van der Waals surface area contributed by atoms with E-state index in [1.165, 1.54) is 161 Å². The van der Waals surface area contributed by atoms with Crippen LogP contribution in [0.15, 0.2) is 48.6 Å². The molecule has 0 spiro atoms. The average Bonchev–Trinajstić information content (AvgIpc) is 3.26. The number of ether oxygens (including phenoxy) is 3. The third-order valence-corrected chi connectivity index (χ3v) is 11.3. The highest BCUT2D eigenvalue weighted by Crippen LogP contribution is 2.14. The standard InChI is InChI=1S/C55H98O6/c1-4-7-10-13-16-19-22-24-25-26-27-28-29-31-33-36-39-42-45-48-54(57)60-51-52(50-59-53(56)47-44-41-38-35-32-21-18-15-12-9-6-3)61-55(58)49-46-43-40-37-34-30-23-20-17-14-11-8-5-2/h15,18,26-27,30,34,40,43,52H,4-14,16-17,19-25,28-29,31-33,35-39,41-42,44-51H2,1-3H3/b18-15-,27-26-,34-30-,43-40-. The molecule has 0 amide bonds. The highest BCUT2D eigenvalue weighted by atomic mass is 16.6. The Hall–Kier alpha value is -2.63. The van der Waals surface area contributed by atoms with E-state index < -0.39 is 6.10 Å². The lowest BCUT2D eigenvalue weighted by Crippen LogP contribution is -2.30. The molecule has 0 aromatic carbocycles. The van der Waals surface area contributed by atoms with Crippen molar-refractivity contribution in [2.24, 2.45) is 0 Å². The van der Waals surface area contributed by atoms with Crippen LogP contribution in [0.5, 0.6) is 0 Å². The summed E-state index contributed by atoms with van der Waals surface area (Å²) in [6.45, 7) is 6.54. The monoisotopic (exact) mass is 855 g/mol. The number of hydrogen-bond donors (Lipinski definition) is 0. The van der Waals surface area contributed by atoms with Crippen LogP contribution in [0.4, 0.5) is 0 Å². The van der Waals surface area contributed by atoms with E-state index >= 15 is 0 Å². The molecule has 0 N–H and O–H groups in total. The molecule has 0 aliphatic carbocycles. The van der Waals surface area contributed by atoms with E-state index in [1.54, 1.807) is 0 Å². The van der Waals surface area contributed by atoms with Crippen LogP contribution in [-0.2, 0) is 28.6 Å². The lowest BCUT2D eigenvalue weighted by atomic mass is 10.1. The van der Waals surface area contributed by atoms with Crippen LogP contribution in [0.3, 0.4) is 0 Å². The maximum atomic E-state index is 12.7. The summed E-state index contributed by atoms with van der Waals surface area (Å²) in [6.07, 6.45) is 59.7. The third-order valence-electron chi connectivity index (χ3n) is 11.3. The average molecular weight is 855 g/mol. The molecule has 1 unspecified atom stereocenters. The Kier molecular flexibility index (Phi) is 47.9. The predicted octanol–water partition coefficient (Wildman–Crippen LogP) is 17.1. The molecule has 354 valence electrons. The summed E-state index contributed by atoms with van der Waals surface area (Å²) in [6, 6.07) is 0. The van der Waals surface area contributed by atoms with E-state index in [0.29, 0.717) is 19.3 Å². The predicted molar refractivity (Wildman–Crippen MR) is 261 cm³/mol. The van der Waals surface area contributed by atoms with Crippen molar-refractivity contribution >= 4 is 17.9 Å². The lowest BCUT2D eigenvalue weighted by Gasteiger charge is -2.18. The molecule has 0 aliphatic heterocycles. The molecular weight excluding hydrogens is 757 g/mol. The minimum atomic E-state index is -0.806. The number of esters is 3. The Bertz CT molecular complexity index is 1070. The van der Waals surface area contributed by atoms with Crippen LogP contribution in [-0.4, -0.2) is 37.2 Å². The molecule has 1 atom stereocenters. The fraction of sp³-hybridized carbons (Fsp3) is 0.800. The molecule has 61 heavy (non-hydrogen) atoms. The van der Waals surface area contributed by atoms with Gasteiger partial charge in [-0.25, -0.2) is 0 Å². The highest BCUT2D eigenvalue weighted by molar-refractivity contribution is 5.71. The van der Waals surface area contributed by atoms with E-state index in [1.807, 2.05) is 6.08 Å². The second-order valence-corrected chi connectivity index (χ2v) is 17.4. The first-order valence-corrected chi connectivity index (χ1v) is 26.1. The van der Waals surface area contributed by atoms with Gasteiger partial charge in [0.25, 0.3) is 0 Å². The highest BCUT2D eigenvalue weighted by Gasteiger charge is 2.19. The van der Waals surface area contributed by atoms with Gasteiger partial charge in [0.05, 0.1) is 0 Å². The van der Waals surface area contributed by atoms with Gasteiger partial charge < -0.3 is 14.2 Å². The van der Waals surface area contributed by atoms with E-state index in [-0.39, 0.29) is 37.5 Å². The fourth-order valence-corrected chi connectivity index (χ4v) is 7.29. The van der Waals surface area contributed by atoms with Gasteiger partial charge in [0.2, 0.25) is 0 Å². The van der Waals surface area contributed by atoms with Crippen molar-refractivity contribution in [3.8, 4) is 0 Å². The van der Waals surface area contributed by atoms with E-state index in [4.69, 9.17) is 14.2 Å². The second kappa shape index (κ2) is 50.0. The van der Waals surface area contributed by atoms with Crippen molar-refractivity contribution in [3.63, 3.8) is 0 Å². The van der Waals surface area contributed by atoms with Crippen molar-refractivity contribution in [3.05, 3.63) is 48.6 Å². The van der Waals surface area contributed by atoms with Crippen LogP contribution < -0.4 is 0 Å². The maximum Gasteiger partial charge on any atom is 0.306 e. The first-order valence-electron chi connectivity index (χ1n) is 26.1. The lowest BCUT2D eigenvalue weighted by molar-refractivity contribution is -0.166. The van der Waals surface area contributed by atoms with Crippen LogP contribution in [0.25, 0.3) is 0 Å². The molecule has 0 rings (SSSR count). The van der Waals surface area contributed by atoms with Crippen molar-refractivity contribution in [2.45, 2.75) is 271 Å². The third kappa shape index (κ3) is 48.3. The van der Waals surface area contributed by atoms with Crippen LogP contribution in [0.2, 0.25) is 0 Å². The minimum absolute atomic E-state index is 0.0996. The number of carbonyl (C=O) groups is 3. The van der Waals surface area contributed by atoms with Crippen molar-refractivity contribution in [1.82, 2.24) is 0 Å². The van der Waals surface area contributed by atoms with Crippen LogP contribution in [0.1, 0.15) is 265 Å². The minimum Gasteiger partial charge on any atom is -0.462 e. The quantitative estimate of drug-likeness (QED) is 0.0263. The summed E-state index contributed by atoms with van der Waals surface area (Å²) in [5.41, 5.74) is 0. The summed E-state index contributed by atoms with van der Waals surface area (Å²) in [5.74, 6) is -0.977. The molecule has 0 saturated heterocycles. The number of hydrogen-bond acceptors (Lipinski definition) is 6. The molecule has 0 aromatic rings. The van der Waals surface area contributed by atoms with E-state index in [0.717, 1.165) is 57.8 Å². The smallest absolute Gasteiger partial charge is 0.306 e. The van der Waals surface area contributed by atoms with Crippen molar-refractivity contribution in [1.29, 1.82) is 0 Å². The second-order valence-electron chi connectivity index (χ2n) is 17.4. The molecule has 0 radical (unpaired) electrons. The van der Waals surface area contributed by atoms with Gasteiger partial charge in [0, 0.05) is 19.3 Å². The summed E-state index contributed by atoms with van der Waals surface area (Å²) >= 11 is 0. The van der Waals surface area contributed by atoms with Gasteiger partial charge in [-0.3, -0.25) is 14.4 Å². The van der Waals surface area contributed by atoms with E-state index in [9.17, 15) is 14.4 Å². The normalized spacial score (nSPS) is 12.4. The number of carbonyl (C=O) groups excluding carboxylic acids is 3. The van der Waals surface area contributed by atoms with Crippen molar-refractivity contribution < 1.29 is 28.6 Å². The topological polar surface area (TPSA) is 78.9 Å². The number of unbranched alkanes of at least 4 members (excludes halogenated alkanes) is 28. The van der Waals surface area contributed by atoms with Crippen LogP contribution >= 0.6 is 0 Å². The van der Waals surface area contributed by atoms with Gasteiger partial charge >= 0.3 is 17.9 Å². The SMILES string of the molecule is CCCC/C=C\CCCCCCCC(=O)OCC(COC(=O)CCCCCCCCC/C=C\CCCCCCCCCC)OC(=O)CC/C=C\C/C=C\CCCCCCCC. The molecule has 0 fully saturated rings. The molecule has 6 nitrogen and oxygen atoms in total. The Balaban J connectivity index is 4.37. The summed E-state index contributed by atoms with van der Waals surface area (Å²) in [7, 11) is 0.